The SMILES string of the molecule is Cc1cc(NC(=O)c2ccco2)n(-c2cccc(C(F)(F)F)c2)n1. The number of nitrogens with one attached hydrogen (secondary N) is 1. The number of carbonyl (C=O) groups excluding carboxylic acids is 1. The summed E-state index contributed by atoms with van der Waals surface area (Å²) in [4.78, 5) is 12.1. The molecule has 0 radical (unpaired) electrons. The first kappa shape index (κ1) is 15.9. The second-order valence-corrected chi connectivity index (χ2v) is 5.06. The van der Waals surface area contributed by atoms with Gasteiger partial charge >= 0.3 is 6.18 Å². The number of halogens is 3. The number of furan rings is 1. The predicted octanol–water partition coefficient (Wildman–Crippen LogP) is 4.04. The lowest BCUT2D eigenvalue weighted by molar-refractivity contribution is -0.137. The molecule has 1 amide bonds. The van der Waals surface area contributed by atoms with Gasteiger partial charge in [-0.2, -0.15) is 18.3 Å². The molecule has 0 bridgehead atoms. The van der Waals surface area contributed by atoms with Gasteiger partial charge in [0.05, 0.1) is 23.2 Å². The number of hydrogen-bond acceptors (Lipinski definition) is 3. The van der Waals surface area contributed by atoms with Gasteiger partial charge < -0.3 is 9.73 Å². The maximum Gasteiger partial charge on any atom is 0.416 e. The third-order valence-electron chi connectivity index (χ3n) is 3.24. The molecule has 0 spiro atoms. The van der Waals surface area contributed by atoms with Gasteiger partial charge in [-0.3, -0.25) is 4.79 Å². The number of carbonyl (C=O) groups is 1. The van der Waals surface area contributed by atoms with E-state index in [0.717, 1.165) is 12.1 Å². The summed E-state index contributed by atoms with van der Waals surface area (Å²) in [6.45, 7) is 1.67. The van der Waals surface area contributed by atoms with Crippen LogP contribution in [0.5, 0.6) is 0 Å². The normalized spacial score (nSPS) is 11.5. The van der Waals surface area contributed by atoms with Crippen LogP contribution in [0.15, 0.2) is 53.1 Å². The average Bonchev–Trinajstić information content (AvgIpc) is 3.16. The predicted molar refractivity (Wildman–Crippen MR) is 80.0 cm³/mol. The van der Waals surface area contributed by atoms with Crippen molar-refractivity contribution in [2.24, 2.45) is 0 Å². The zero-order valence-corrected chi connectivity index (χ0v) is 12.5. The highest BCUT2D eigenvalue weighted by Gasteiger charge is 2.30. The molecule has 0 aliphatic carbocycles. The van der Waals surface area contributed by atoms with Crippen LogP contribution in [0.3, 0.4) is 0 Å². The van der Waals surface area contributed by atoms with E-state index in [-0.39, 0.29) is 17.3 Å². The molecule has 0 atom stereocenters. The van der Waals surface area contributed by atoms with E-state index in [0.29, 0.717) is 5.69 Å². The minimum absolute atomic E-state index is 0.0874. The van der Waals surface area contributed by atoms with Crippen molar-refractivity contribution in [2.45, 2.75) is 13.1 Å². The maximum atomic E-state index is 12.9. The minimum Gasteiger partial charge on any atom is -0.459 e. The molecule has 0 aliphatic heterocycles. The van der Waals surface area contributed by atoms with Gasteiger partial charge in [-0.15, -0.1) is 0 Å². The molecular formula is C16H12F3N3O2. The van der Waals surface area contributed by atoms with Crippen LogP contribution in [0.1, 0.15) is 21.8 Å². The Balaban J connectivity index is 1.96. The van der Waals surface area contributed by atoms with Crippen molar-refractivity contribution >= 4 is 11.7 Å². The first-order chi connectivity index (χ1) is 11.3. The molecule has 2 heterocycles. The van der Waals surface area contributed by atoms with Crippen LogP contribution in [0.2, 0.25) is 0 Å². The largest absolute Gasteiger partial charge is 0.459 e. The number of nitrogens with zero attached hydrogens (tertiary/aromatic N) is 2. The number of amides is 1. The molecule has 5 nitrogen and oxygen atoms in total. The Morgan fingerprint density at radius 1 is 1.21 bits per heavy atom. The number of alkyl halides is 3. The lowest BCUT2D eigenvalue weighted by Crippen LogP contribution is -2.15. The molecule has 0 aliphatic rings. The molecule has 3 aromatic rings. The first-order valence-corrected chi connectivity index (χ1v) is 6.94. The van der Waals surface area contributed by atoms with E-state index < -0.39 is 17.6 Å². The number of hydrogen-bond donors (Lipinski definition) is 1. The standard InChI is InChI=1S/C16H12F3N3O2/c1-10-8-14(20-15(23)13-6-3-7-24-13)22(21-10)12-5-2-4-11(9-12)16(17,18)19/h2-9H,1H3,(H,20,23). The van der Waals surface area contributed by atoms with Crippen LogP contribution >= 0.6 is 0 Å². The lowest BCUT2D eigenvalue weighted by atomic mass is 10.2. The van der Waals surface area contributed by atoms with E-state index in [4.69, 9.17) is 4.42 Å². The Bertz CT molecular complexity index is 867. The van der Waals surface area contributed by atoms with Crippen molar-refractivity contribution in [2.75, 3.05) is 5.32 Å². The quantitative estimate of drug-likeness (QED) is 0.786. The summed E-state index contributed by atoms with van der Waals surface area (Å²) in [5, 5.41) is 6.72. The molecule has 0 saturated heterocycles. The molecule has 8 heteroatoms. The first-order valence-electron chi connectivity index (χ1n) is 6.94. The van der Waals surface area contributed by atoms with Crippen molar-refractivity contribution in [3.63, 3.8) is 0 Å². The molecule has 0 unspecified atom stereocenters. The Morgan fingerprint density at radius 2 is 2.00 bits per heavy atom. The van der Waals surface area contributed by atoms with Gasteiger partial charge in [0.2, 0.25) is 0 Å². The molecular weight excluding hydrogens is 323 g/mol. The second-order valence-electron chi connectivity index (χ2n) is 5.06. The smallest absolute Gasteiger partial charge is 0.416 e. The summed E-state index contributed by atoms with van der Waals surface area (Å²) in [6, 6.07) is 9.30. The number of rotatable bonds is 3. The van der Waals surface area contributed by atoms with Crippen LogP contribution in [0, 0.1) is 6.92 Å². The highest BCUT2D eigenvalue weighted by atomic mass is 19.4. The minimum atomic E-state index is -4.46. The van der Waals surface area contributed by atoms with Gasteiger partial charge in [0.1, 0.15) is 5.82 Å². The molecule has 0 fully saturated rings. The van der Waals surface area contributed by atoms with Gasteiger partial charge in [0.15, 0.2) is 5.76 Å². The monoisotopic (exact) mass is 335 g/mol. The van der Waals surface area contributed by atoms with Gasteiger partial charge in [-0.25, -0.2) is 4.68 Å². The van der Waals surface area contributed by atoms with E-state index in [9.17, 15) is 18.0 Å². The third-order valence-corrected chi connectivity index (χ3v) is 3.24. The van der Waals surface area contributed by atoms with Crippen molar-refractivity contribution in [1.29, 1.82) is 0 Å². The number of aryl methyl sites for hydroxylation is 1. The van der Waals surface area contributed by atoms with E-state index in [2.05, 4.69) is 10.4 Å². The number of aromatic nitrogens is 2. The Labute approximate surface area is 134 Å². The molecule has 124 valence electrons. The lowest BCUT2D eigenvalue weighted by Gasteiger charge is -2.11. The van der Waals surface area contributed by atoms with Gasteiger partial charge in [-0.1, -0.05) is 6.07 Å². The van der Waals surface area contributed by atoms with E-state index in [1.165, 1.54) is 29.1 Å². The Kier molecular flexibility index (Phi) is 3.88. The molecule has 1 N–H and O–H groups in total. The van der Waals surface area contributed by atoms with Gasteiger partial charge in [0.25, 0.3) is 5.91 Å². The summed E-state index contributed by atoms with van der Waals surface area (Å²) >= 11 is 0. The van der Waals surface area contributed by atoms with Crippen LogP contribution in [-0.4, -0.2) is 15.7 Å². The molecule has 0 saturated carbocycles. The van der Waals surface area contributed by atoms with Crippen LogP contribution in [0.4, 0.5) is 19.0 Å². The zero-order chi connectivity index (χ0) is 17.3. The molecule has 3 rings (SSSR count). The third kappa shape index (κ3) is 3.17. The number of anilines is 1. The number of benzene rings is 1. The highest BCUT2D eigenvalue weighted by Crippen LogP contribution is 2.31. The summed E-state index contributed by atoms with van der Waals surface area (Å²) in [6.07, 6.45) is -3.11. The summed E-state index contributed by atoms with van der Waals surface area (Å²) in [5.74, 6) is -0.189. The van der Waals surface area contributed by atoms with Crippen LogP contribution in [0.25, 0.3) is 5.69 Å². The van der Waals surface area contributed by atoms with Crippen molar-refractivity contribution in [3.8, 4) is 5.69 Å². The van der Waals surface area contributed by atoms with Gasteiger partial charge in [-0.05, 0) is 37.3 Å². The zero-order valence-electron chi connectivity index (χ0n) is 12.5. The summed E-state index contributed by atoms with van der Waals surface area (Å²) in [7, 11) is 0. The molecule has 1 aromatic carbocycles. The van der Waals surface area contributed by atoms with E-state index >= 15 is 0 Å². The topological polar surface area (TPSA) is 60.1 Å². The fourth-order valence-corrected chi connectivity index (χ4v) is 2.18. The van der Waals surface area contributed by atoms with Crippen LogP contribution < -0.4 is 5.32 Å². The summed E-state index contributed by atoms with van der Waals surface area (Å²) in [5.41, 5.74) is -0.0636. The Hall–Kier alpha value is -3.03. The molecule has 24 heavy (non-hydrogen) atoms. The van der Waals surface area contributed by atoms with Crippen molar-refractivity contribution < 1.29 is 22.4 Å². The van der Waals surface area contributed by atoms with Gasteiger partial charge in [0, 0.05) is 6.07 Å². The van der Waals surface area contributed by atoms with E-state index in [1.807, 2.05) is 0 Å². The van der Waals surface area contributed by atoms with E-state index in [1.54, 1.807) is 19.1 Å². The second kappa shape index (κ2) is 5.88. The molecule has 2 aromatic heterocycles. The highest BCUT2D eigenvalue weighted by molar-refractivity contribution is 6.01. The van der Waals surface area contributed by atoms with Crippen molar-refractivity contribution in [1.82, 2.24) is 9.78 Å². The Morgan fingerprint density at radius 3 is 2.67 bits per heavy atom. The summed E-state index contributed by atoms with van der Waals surface area (Å²) < 4.78 is 44.9. The van der Waals surface area contributed by atoms with Crippen molar-refractivity contribution in [3.05, 3.63) is 65.7 Å². The fourth-order valence-electron chi connectivity index (χ4n) is 2.18. The van der Waals surface area contributed by atoms with Crippen LogP contribution in [-0.2, 0) is 6.18 Å². The average molecular weight is 335 g/mol. The fraction of sp³-hybridized carbons (Fsp3) is 0.125. The maximum absolute atomic E-state index is 12.9.